The van der Waals surface area contributed by atoms with Crippen molar-refractivity contribution in [1.82, 2.24) is 0 Å². The van der Waals surface area contributed by atoms with E-state index in [2.05, 4.69) is 0 Å². The van der Waals surface area contributed by atoms with Crippen LogP contribution in [0.25, 0.3) is 0 Å². The molecule has 0 aliphatic rings. The number of rotatable bonds is 1. The van der Waals surface area contributed by atoms with Gasteiger partial charge in [0.2, 0.25) is 5.91 Å². The molecule has 1 rings (SSSR count). The van der Waals surface area contributed by atoms with Crippen LogP contribution >= 0.6 is 45.2 Å². The highest BCUT2D eigenvalue weighted by Crippen LogP contribution is 2.20. The van der Waals surface area contributed by atoms with Crippen molar-refractivity contribution in [1.29, 1.82) is 0 Å². The Morgan fingerprint density at radius 2 is 2.00 bits per heavy atom. The van der Waals surface area contributed by atoms with Gasteiger partial charge in [-0.3, -0.25) is 4.79 Å². The Morgan fingerprint density at radius 3 is 2.50 bits per heavy atom. The van der Waals surface area contributed by atoms with Crippen molar-refractivity contribution in [3.63, 3.8) is 0 Å². The van der Waals surface area contributed by atoms with Crippen LogP contribution in [0.3, 0.4) is 0 Å². The summed E-state index contributed by atoms with van der Waals surface area (Å²) in [4.78, 5) is 10.8. The predicted molar refractivity (Wildman–Crippen MR) is 60.4 cm³/mol. The van der Waals surface area contributed by atoms with E-state index in [1.165, 1.54) is 6.07 Å². The lowest BCUT2D eigenvalue weighted by Gasteiger charge is -2.01. The minimum Gasteiger partial charge on any atom is -0.366 e. The average Bonchev–Trinajstić information content (AvgIpc) is 1.96. The standard InChI is InChI=1S/C7H4FI2NO/c8-3-1-4(7(11)12)6(10)5(9)2-3/h1-2H,(H2,11,12). The van der Waals surface area contributed by atoms with E-state index in [1.54, 1.807) is 0 Å². The molecule has 2 nitrogen and oxygen atoms in total. The third-order valence-electron chi connectivity index (χ3n) is 1.26. The molecular formula is C7H4FI2NO. The van der Waals surface area contributed by atoms with E-state index in [1.807, 2.05) is 45.2 Å². The molecule has 0 saturated carbocycles. The molecule has 0 spiro atoms. The smallest absolute Gasteiger partial charge is 0.249 e. The van der Waals surface area contributed by atoms with Gasteiger partial charge in [0.25, 0.3) is 0 Å². The van der Waals surface area contributed by atoms with E-state index in [9.17, 15) is 9.18 Å². The molecule has 0 aliphatic heterocycles. The van der Waals surface area contributed by atoms with E-state index in [0.717, 1.165) is 6.07 Å². The Bertz CT molecular complexity index is 340. The van der Waals surface area contributed by atoms with Crippen LogP contribution in [0, 0.1) is 13.0 Å². The lowest BCUT2D eigenvalue weighted by Crippen LogP contribution is -2.13. The first-order valence-corrected chi connectivity index (χ1v) is 5.12. The molecule has 0 radical (unpaired) electrons. The summed E-state index contributed by atoms with van der Waals surface area (Å²) in [6.45, 7) is 0. The number of nitrogens with two attached hydrogens (primary N) is 1. The first kappa shape index (κ1) is 10.2. The summed E-state index contributed by atoms with van der Waals surface area (Å²) < 4.78 is 14.1. The van der Waals surface area contributed by atoms with Gasteiger partial charge >= 0.3 is 0 Å². The second-order valence-electron chi connectivity index (χ2n) is 2.11. The fourth-order valence-electron chi connectivity index (χ4n) is 0.735. The molecule has 1 aromatic carbocycles. The van der Waals surface area contributed by atoms with Crippen molar-refractivity contribution < 1.29 is 9.18 Å². The van der Waals surface area contributed by atoms with Crippen molar-refractivity contribution in [3.8, 4) is 0 Å². The molecule has 0 unspecified atom stereocenters. The van der Waals surface area contributed by atoms with Gasteiger partial charge in [-0.15, -0.1) is 0 Å². The van der Waals surface area contributed by atoms with Crippen molar-refractivity contribution in [2.24, 2.45) is 5.73 Å². The fraction of sp³-hybridized carbons (Fsp3) is 0. The number of amides is 1. The van der Waals surface area contributed by atoms with Crippen LogP contribution in [0.1, 0.15) is 10.4 Å². The molecule has 1 aromatic rings. The monoisotopic (exact) mass is 391 g/mol. The molecule has 12 heavy (non-hydrogen) atoms. The van der Waals surface area contributed by atoms with E-state index in [-0.39, 0.29) is 5.56 Å². The molecule has 0 aromatic heterocycles. The number of carbonyl (C=O) groups is 1. The average molecular weight is 391 g/mol. The van der Waals surface area contributed by atoms with Crippen molar-refractivity contribution >= 4 is 51.1 Å². The van der Waals surface area contributed by atoms with Gasteiger partial charge in [-0.1, -0.05) is 0 Å². The zero-order chi connectivity index (χ0) is 9.30. The van der Waals surface area contributed by atoms with Crippen LogP contribution in [0.2, 0.25) is 0 Å². The number of primary amides is 1. The first-order chi connectivity index (χ1) is 5.52. The Hall–Kier alpha value is 0.0800. The van der Waals surface area contributed by atoms with Crippen molar-refractivity contribution in [2.75, 3.05) is 0 Å². The third-order valence-corrected chi connectivity index (χ3v) is 4.30. The Kier molecular flexibility index (Phi) is 3.27. The van der Waals surface area contributed by atoms with Gasteiger partial charge < -0.3 is 5.73 Å². The number of benzene rings is 1. The van der Waals surface area contributed by atoms with Crippen LogP contribution in [0.15, 0.2) is 12.1 Å². The predicted octanol–water partition coefficient (Wildman–Crippen LogP) is 2.13. The summed E-state index contributed by atoms with van der Waals surface area (Å²) in [7, 11) is 0. The summed E-state index contributed by atoms with van der Waals surface area (Å²) in [6, 6.07) is 2.50. The van der Waals surface area contributed by atoms with Gasteiger partial charge in [-0.05, 0) is 57.3 Å². The van der Waals surface area contributed by atoms with Gasteiger partial charge in [0, 0.05) is 7.14 Å². The van der Waals surface area contributed by atoms with Crippen LogP contribution < -0.4 is 5.73 Å². The first-order valence-electron chi connectivity index (χ1n) is 2.96. The Morgan fingerprint density at radius 1 is 1.42 bits per heavy atom. The normalized spacial score (nSPS) is 9.92. The molecule has 0 fully saturated rings. The number of hydrogen-bond acceptors (Lipinski definition) is 1. The zero-order valence-corrected chi connectivity index (χ0v) is 10.1. The summed E-state index contributed by atoms with van der Waals surface area (Å²) in [5, 5.41) is 0. The summed E-state index contributed by atoms with van der Waals surface area (Å²) in [6.07, 6.45) is 0. The Labute approximate surface area is 96.0 Å². The van der Waals surface area contributed by atoms with Gasteiger partial charge in [0.05, 0.1) is 5.56 Å². The summed E-state index contributed by atoms with van der Waals surface area (Å²) in [5.74, 6) is -1.04. The molecule has 64 valence electrons. The minimum absolute atomic E-state index is 0.236. The van der Waals surface area contributed by atoms with Crippen LogP contribution in [0.4, 0.5) is 4.39 Å². The lowest BCUT2D eigenvalue weighted by atomic mass is 10.2. The molecule has 0 bridgehead atoms. The minimum atomic E-state index is -0.600. The summed E-state index contributed by atoms with van der Waals surface area (Å²) in [5.41, 5.74) is 5.27. The SMILES string of the molecule is NC(=O)c1cc(F)cc(I)c1I. The second kappa shape index (κ2) is 3.86. The highest BCUT2D eigenvalue weighted by molar-refractivity contribution is 14.1. The van der Waals surface area contributed by atoms with E-state index in [4.69, 9.17) is 5.73 Å². The van der Waals surface area contributed by atoms with Crippen molar-refractivity contribution in [3.05, 3.63) is 30.7 Å². The van der Waals surface area contributed by atoms with E-state index < -0.39 is 11.7 Å². The molecule has 0 aliphatic carbocycles. The van der Waals surface area contributed by atoms with E-state index in [0.29, 0.717) is 7.14 Å². The highest BCUT2D eigenvalue weighted by Gasteiger charge is 2.10. The molecule has 0 saturated heterocycles. The molecule has 0 heterocycles. The molecular weight excluding hydrogens is 387 g/mol. The molecule has 2 N–H and O–H groups in total. The lowest BCUT2D eigenvalue weighted by molar-refractivity contribution is 0.0999. The molecule has 5 heteroatoms. The number of hydrogen-bond donors (Lipinski definition) is 1. The zero-order valence-electron chi connectivity index (χ0n) is 5.77. The number of carbonyl (C=O) groups excluding carboxylic acids is 1. The van der Waals surface area contributed by atoms with E-state index >= 15 is 0 Å². The largest absolute Gasteiger partial charge is 0.366 e. The van der Waals surface area contributed by atoms with Crippen LogP contribution in [-0.2, 0) is 0 Å². The van der Waals surface area contributed by atoms with Gasteiger partial charge in [0.1, 0.15) is 5.82 Å². The third kappa shape index (κ3) is 2.06. The maximum atomic E-state index is 12.8. The van der Waals surface area contributed by atoms with Crippen molar-refractivity contribution in [2.45, 2.75) is 0 Å². The summed E-state index contributed by atoms with van der Waals surface area (Å²) >= 11 is 3.92. The number of halogens is 3. The highest BCUT2D eigenvalue weighted by atomic mass is 127. The second-order valence-corrected chi connectivity index (χ2v) is 4.35. The topological polar surface area (TPSA) is 43.1 Å². The maximum absolute atomic E-state index is 12.8. The Balaban J connectivity index is 3.37. The van der Waals surface area contributed by atoms with Gasteiger partial charge in [0.15, 0.2) is 0 Å². The molecule has 1 amide bonds. The quantitative estimate of drug-likeness (QED) is 0.579. The molecule has 0 atom stereocenters. The van der Waals surface area contributed by atoms with Crippen LogP contribution in [0.5, 0.6) is 0 Å². The van der Waals surface area contributed by atoms with Crippen LogP contribution in [-0.4, -0.2) is 5.91 Å². The van der Waals surface area contributed by atoms with Gasteiger partial charge in [-0.25, -0.2) is 4.39 Å². The maximum Gasteiger partial charge on any atom is 0.249 e. The van der Waals surface area contributed by atoms with Gasteiger partial charge in [-0.2, -0.15) is 0 Å². The fourth-order valence-corrected chi connectivity index (χ4v) is 1.90.